The summed E-state index contributed by atoms with van der Waals surface area (Å²) in [5, 5.41) is 12.6. The number of rotatable bonds is 6. The smallest absolute Gasteiger partial charge is 0.275 e. The van der Waals surface area contributed by atoms with E-state index in [2.05, 4.69) is 26.1 Å². The molecule has 8 heteroatoms. The lowest BCUT2D eigenvalue weighted by Crippen LogP contribution is -2.50. The van der Waals surface area contributed by atoms with Gasteiger partial charge in [-0.3, -0.25) is 14.6 Å². The Hall–Kier alpha value is -2.41. The first-order valence-corrected chi connectivity index (χ1v) is 13.6. The molecule has 6 nitrogen and oxygen atoms in total. The highest BCUT2D eigenvalue weighted by Gasteiger charge is 2.52. The monoisotopic (exact) mass is 543 g/mol. The van der Waals surface area contributed by atoms with Gasteiger partial charge in [-0.15, -0.1) is 0 Å². The summed E-state index contributed by atoms with van der Waals surface area (Å²) in [6.07, 6.45) is 3.53. The van der Waals surface area contributed by atoms with Gasteiger partial charge in [0.05, 0.1) is 12.6 Å². The first kappa shape index (κ1) is 27.6. The lowest BCUT2D eigenvalue weighted by molar-refractivity contribution is -0.132. The van der Waals surface area contributed by atoms with Crippen molar-refractivity contribution in [1.29, 1.82) is 0 Å². The molecule has 1 aliphatic carbocycles. The fourth-order valence-electron chi connectivity index (χ4n) is 5.66. The van der Waals surface area contributed by atoms with Crippen LogP contribution in [0.15, 0.2) is 47.5 Å². The van der Waals surface area contributed by atoms with Crippen LogP contribution in [0.5, 0.6) is 0 Å². The van der Waals surface area contributed by atoms with E-state index in [0.717, 1.165) is 31.2 Å². The molecule has 2 aromatic carbocycles. The van der Waals surface area contributed by atoms with E-state index in [0.29, 0.717) is 32.8 Å². The quantitative estimate of drug-likeness (QED) is 0.465. The van der Waals surface area contributed by atoms with Gasteiger partial charge in [-0.1, -0.05) is 56.1 Å². The number of hydrogen-bond donors (Lipinski definition) is 2. The highest BCUT2D eigenvalue weighted by Crippen LogP contribution is 2.49. The Morgan fingerprint density at radius 1 is 1.14 bits per heavy atom. The third-order valence-corrected chi connectivity index (χ3v) is 8.21. The predicted octanol–water partition coefficient (Wildman–Crippen LogP) is 6.04. The number of carbonyl (C=O) groups is 2. The molecule has 2 N–H and O–H groups in total. The summed E-state index contributed by atoms with van der Waals surface area (Å²) in [4.78, 5) is 33.3. The first-order valence-electron chi connectivity index (χ1n) is 12.8. The van der Waals surface area contributed by atoms with Crippen LogP contribution in [-0.2, 0) is 4.79 Å². The molecule has 2 amide bonds. The topological polar surface area (TPSA) is 82.0 Å². The molecule has 2 aliphatic rings. The van der Waals surface area contributed by atoms with Crippen molar-refractivity contribution in [2.45, 2.75) is 65.1 Å². The van der Waals surface area contributed by atoms with Crippen molar-refractivity contribution in [2.75, 3.05) is 13.2 Å². The molecule has 0 radical (unpaired) electrons. The molecule has 1 spiro atoms. The summed E-state index contributed by atoms with van der Waals surface area (Å²) in [5.41, 5.74) is 2.00. The van der Waals surface area contributed by atoms with Crippen LogP contribution in [0.25, 0.3) is 0 Å². The normalized spacial score (nSPS) is 22.8. The Balaban J connectivity index is 1.68. The molecule has 1 saturated carbocycles. The second-order valence-electron chi connectivity index (χ2n) is 11.2. The fourth-order valence-corrected chi connectivity index (χ4v) is 6.19. The van der Waals surface area contributed by atoms with E-state index in [1.165, 1.54) is 0 Å². The number of amides is 2. The van der Waals surface area contributed by atoms with Crippen LogP contribution in [0.1, 0.15) is 80.9 Å². The number of hydrogen-bond acceptors (Lipinski definition) is 4. The van der Waals surface area contributed by atoms with Gasteiger partial charge >= 0.3 is 0 Å². The second-order valence-corrected chi connectivity index (χ2v) is 12.1. The van der Waals surface area contributed by atoms with E-state index in [1.807, 2.05) is 24.0 Å². The summed E-state index contributed by atoms with van der Waals surface area (Å²) in [6.45, 7) is 8.92. The average molecular weight is 545 g/mol. The maximum atomic E-state index is 14.0. The third kappa shape index (κ3) is 5.71. The molecule has 198 valence electrons. The number of aliphatic hydroxyl groups is 1. The minimum atomic E-state index is -0.639. The number of halogens is 2. The van der Waals surface area contributed by atoms with Crippen molar-refractivity contribution < 1.29 is 14.7 Å². The zero-order valence-electron chi connectivity index (χ0n) is 21.9. The summed E-state index contributed by atoms with van der Waals surface area (Å²) in [5.74, 6) is 0.178. The van der Waals surface area contributed by atoms with E-state index < -0.39 is 5.66 Å². The van der Waals surface area contributed by atoms with Gasteiger partial charge in [0.15, 0.2) is 0 Å². The number of aliphatic imine (C=N–C) groups is 1. The Morgan fingerprint density at radius 2 is 1.73 bits per heavy atom. The molecular formula is C29H35Cl2N3O3. The minimum Gasteiger partial charge on any atom is -0.395 e. The molecule has 0 unspecified atom stereocenters. The highest BCUT2D eigenvalue weighted by molar-refractivity contribution is 6.47. The van der Waals surface area contributed by atoms with Crippen LogP contribution in [0, 0.1) is 11.3 Å². The number of nitrogens with zero attached hydrogens (tertiary/aromatic N) is 2. The van der Waals surface area contributed by atoms with Crippen molar-refractivity contribution in [1.82, 2.24) is 10.2 Å². The van der Waals surface area contributed by atoms with Gasteiger partial charge in [0.1, 0.15) is 11.4 Å². The van der Waals surface area contributed by atoms with E-state index in [1.54, 1.807) is 30.3 Å². The van der Waals surface area contributed by atoms with E-state index >= 15 is 0 Å². The minimum absolute atomic E-state index is 0.115. The molecule has 0 aromatic heterocycles. The molecule has 0 bridgehead atoms. The number of benzene rings is 2. The second kappa shape index (κ2) is 10.8. The maximum absolute atomic E-state index is 14.0. The first-order chi connectivity index (χ1) is 17.4. The van der Waals surface area contributed by atoms with Gasteiger partial charge in [0.25, 0.3) is 11.8 Å². The Bertz CT molecular complexity index is 1180. The molecule has 4 rings (SSSR count). The van der Waals surface area contributed by atoms with E-state index in [4.69, 9.17) is 33.3 Å². The lowest BCUT2D eigenvalue weighted by atomic mass is 9.69. The Kier molecular flexibility index (Phi) is 8.03. The van der Waals surface area contributed by atoms with Crippen molar-refractivity contribution in [2.24, 2.45) is 16.3 Å². The standard InChI is InChI=1S/C29H35Cl2N3O3/c1-18(19-5-7-20(8-6-19)26(36)32-13-14-35)34-27(37)25(21-15-23(30)17-24(31)16-21)33-29(34)11-9-22(10-12-29)28(2,3)4/h5-8,15-18,22,35H,9-14H2,1-4H3,(H,32,36)/t18-,22?,29?/m1/s1. The van der Waals surface area contributed by atoms with Gasteiger partial charge in [-0.25, -0.2) is 0 Å². The maximum Gasteiger partial charge on any atom is 0.275 e. The van der Waals surface area contributed by atoms with E-state index in [-0.39, 0.29) is 36.4 Å². The lowest BCUT2D eigenvalue weighted by Gasteiger charge is -2.46. The molecule has 1 heterocycles. The van der Waals surface area contributed by atoms with Crippen molar-refractivity contribution >= 4 is 40.7 Å². The molecule has 1 aliphatic heterocycles. The van der Waals surface area contributed by atoms with Crippen LogP contribution in [0.3, 0.4) is 0 Å². The predicted molar refractivity (Wildman–Crippen MR) is 148 cm³/mol. The van der Waals surface area contributed by atoms with Crippen LogP contribution < -0.4 is 5.32 Å². The molecule has 1 atom stereocenters. The van der Waals surface area contributed by atoms with Crippen molar-refractivity contribution in [3.8, 4) is 0 Å². The summed E-state index contributed by atoms with van der Waals surface area (Å²) in [7, 11) is 0. The van der Waals surface area contributed by atoms with Gasteiger partial charge < -0.3 is 15.3 Å². The van der Waals surface area contributed by atoms with Crippen LogP contribution in [0.2, 0.25) is 10.0 Å². The largest absolute Gasteiger partial charge is 0.395 e. The fraction of sp³-hybridized carbons (Fsp3) is 0.483. The molecular weight excluding hydrogens is 509 g/mol. The number of nitrogens with one attached hydrogen (secondary N) is 1. The molecule has 2 aromatic rings. The van der Waals surface area contributed by atoms with Gasteiger partial charge in [-0.2, -0.15) is 0 Å². The average Bonchev–Trinajstić information content (AvgIpc) is 3.12. The summed E-state index contributed by atoms with van der Waals surface area (Å²) in [6, 6.07) is 12.1. The van der Waals surface area contributed by atoms with Gasteiger partial charge in [-0.05, 0) is 79.8 Å². The SMILES string of the molecule is C[C@H](c1ccc(C(=O)NCCO)cc1)N1C(=O)C(c2cc(Cl)cc(Cl)c2)=NC12CCC(C(C)(C)C)CC2. The van der Waals surface area contributed by atoms with Crippen molar-refractivity contribution in [3.05, 3.63) is 69.2 Å². The zero-order chi connectivity index (χ0) is 27.0. The van der Waals surface area contributed by atoms with Crippen LogP contribution >= 0.6 is 23.2 Å². The third-order valence-electron chi connectivity index (χ3n) is 7.78. The van der Waals surface area contributed by atoms with E-state index in [9.17, 15) is 9.59 Å². The highest BCUT2D eigenvalue weighted by atomic mass is 35.5. The molecule has 37 heavy (non-hydrogen) atoms. The van der Waals surface area contributed by atoms with Gasteiger partial charge in [0.2, 0.25) is 0 Å². The Morgan fingerprint density at radius 3 is 2.27 bits per heavy atom. The summed E-state index contributed by atoms with van der Waals surface area (Å²) < 4.78 is 0. The molecule has 0 saturated heterocycles. The zero-order valence-corrected chi connectivity index (χ0v) is 23.4. The number of carbonyl (C=O) groups excluding carboxylic acids is 2. The Labute approximate surface area is 229 Å². The van der Waals surface area contributed by atoms with Gasteiger partial charge in [0, 0.05) is 27.7 Å². The summed E-state index contributed by atoms with van der Waals surface area (Å²) >= 11 is 12.6. The number of aliphatic hydroxyl groups excluding tert-OH is 1. The van der Waals surface area contributed by atoms with Crippen LogP contribution in [0.4, 0.5) is 0 Å². The van der Waals surface area contributed by atoms with Crippen LogP contribution in [-0.4, -0.2) is 46.3 Å². The molecule has 1 fully saturated rings. The van der Waals surface area contributed by atoms with Crippen molar-refractivity contribution in [3.63, 3.8) is 0 Å².